The van der Waals surface area contributed by atoms with Gasteiger partial charge in [-0.25, -0.2) is 9.97 Å². The van der Waals surface area contributed by atoms with Gasteiger partial charge in [0, 0.05) is 37.2 Å². The molecule has 0 unspecified atom stereocenters. The Morgan fingerprint density at radius 1 is 1.10 bits per heavy atom. The number of hydrogen-bond donors (Lipinski definition) is 1. The van der Waals surface area contributed by atoms with Crippen molar-refractivity contribution in [2.24, 2.45) is 0 Å². The summed E-state index contributed by atoms with van der Waals surface area (Å²) in [5.41, 5.74) is 3.17. The number of fused-ring (bicyclic) bond motifs is 1. The van der Waals surface area contributed by atoms with Crippen LogP contribution in [-0.2, 0) is 25.6 Å². The van der Waals surface area contributed by atoms with Crippen molar-refractivity contribution in [1.29, 1.82) is 0 Å². The van der Waals surface area contributed by atoms with Gasteiger partial charge in [0.2, 0.25) is 0 Å². The molecule has 1 N–H and O–H groups in total. The molecule has 1 aliphatic heterocycles. The number of rotatable bonds is 2. The molecule has 0 radical (unpaired) electrons. The van der Waals surface area contributed by atoms with Gasteiger partial charge in [-0.1, -0.05) is 12.1 Å². The zero-order valence-corrected chi connectivity index (χ0v) is 11.2. The third-order valence-electron chi connectivity index (χ3n) is 3.62. The molecular weight excluding hydrogens is 279 g/mol. The number of aromatic nitrogens is 2. The number of nitrogens with zero attached hydrogens (tertiary/aromatic N) is 2. The molecule has 2 aromatic rings. The summed E-state index contributed by atoms with van der Waals surface area (Å²) in [4.78, 5) is 8.55. The zero-order chi connectivity index (χ0) is 14.9. The van der Waals surface area contributed by atoms with Crippen molar-refractivity contribution in [3.05, 3.63) is 58.7 Å². The van der Waals surface area contributed by atoms with Crippen LogP contribution in [0.1, 0.15) is 28.1 Å². The fourth-order valence-corrected chi connectivity index (χ4v) is 2.49. The van der Waals surface area contributed by atoms with Crippen LogP contribution < -0.4 is 5.32 Å². The molecular formula is C15H14F3N3. The van der Waals surface area contributed by atoms with E-state index in [1.807, 2.05) is 0 Å². The second-order valence-electron chi connectivity index (χ2n) is 5.04. The van der Waals surface area contributed by atoms with Gasteiger partial charge in [0.1, 0.15) is 6.33 Å². The summed E-state index contributed by atoms with van der Waals surface area (Å²) in [6.07, 6.45) is -1.39. The van der Waals surface area contributed by atoms with E-state index in [0.29, 0.717) is 13.0 Å². The molecule has 2 heterocycles. The summed E-state index contributed by atoms with van der Waals surface area (Å²) in [6, 6.07) is 5.24. The van der Waals surface area contributed by atoms with Crippen LogP contribution in [0.5, 0.6) is 0 Å². The van der Waals surface area contributed by atoms with Crippen molar-refractivity contribution < 1.29 is 13.2 Å². The quantitative estimate of drug-likeness (QED) is 0.925. The zero-order valence-electron chi connectivity index (χ0n) is 11.2. The summed E-state index contributed by atoms with van der Waals surface area (Å²) in [5, 5.41) is 3.27. The second-order valence-corrected chi connectivity index (χ2v) is 5.04. The molecule has 21 heavy (non-hydrogen) atoms. The molecule has 0 saturated carbocycles. The van der Waals surface area contributed by atoms with Crippen LogP contribution in [0.3, 0.4) is 0 Å². The highest BCUT2D eigenvalue weighted by Crippen LogP contribution is 2.29. The van der Waals surface area contributed by atoms with Crippen molar-refractivity contribution in [2.45, 2.75) is 25.6 Å². The lowest BCUT2D eigenvalue weighted by Crippen LogP contribution is -2.26. The van der Waals surface area contributed by atoms with E-state index in [9.17, 15) is 13.2 Å². The SMILES string of the molecule is FC(F)(F)c1ccc(Cc2ncnc3c2CNCC3)cc1. The predicted octanol–water partition coefficient (Wildman–Crippen LogP) is 2.73. The Morgan fingerprint density at radius 3 is 2.57 bits per heavy atom. The van der Waals surface area contributed by atoms with Crippen LogP contribution in [0, 0.1) is 0 Å². The Bertz CT molecular complexity index is 636. The van der Waals surface area contributed by atoms with Crippen LogP contribution in [0.4, 0.5) is 13.2 Å². The number of nitrogens with one attached hydrogen (secondary N) is 1. The average molecular weight is 293 g/mol. The first kappa shape index (κ1) is 14.0. The lowest BCUT2D eigenvalue weighted by atomic mass is 10.00. The third kappa shape index (κ3) is 3.05. The maximum absolute atomic E-state index is 12.5. The molecule has 0 bridgehead atoms. The minimum Gasteiger partial charge on any atom is -0.312 e. The smallest absolute Gasteiger partial charge is 0.312 e. The van der Waals surface area contributed by atoms with Gasteiger partial charge in [-0.15, -0.1) is 0 Å². The van der Waals surface area contributed by atoms with Crippen LogP contribution in [0.15, 0.2) is 30.6 Å². The van der Waals surface area contributed by atoms with E-state index < -0.39 is 11.7 Å². The molecule has 0 amide bonds. The molecule has 1 aromatic heterocycles. The molecule has 6 heteroatoms. The number of benzene rings is 1. The van der Waals surface area contributed by atoms with Crippen molar-refractivity contribution >= 4 is 0 Å². The van der Waals surface area contributed by atoms with Gasteiger partial charge in [-0.3, -0.25) is 0 Å². The van der Waals surface area contributed by atoms with Gasteiger partial charge in [-0.05, 0) is 17.7 Å². The molecule has 3 nitrogen and oxygen atoms in total. The normalized spacial score (nSPS) is 14.8. The van der Waals surface area contributed by atoms with Crippen molar-refractivity contribution in [3.63, 3.8) is 0 Å². The van der Waals surface area contributed by atoms with E-state index >= 15 is 0 Å². The van der Waals surface area contributed by atoms with Crippen molar-refractivity contribution in [2.75, 3.05) is 6.54 Å². The van der Waals surface area contributed by atoms with E-state index in [1.54, 1.807) is 0 Å². The van der Waals surface area contributed by atoms with E-state index in [0.717, 1.165) is 47.6 Å². The lowest BCUT2D eigenvalue weighted by molar-refractivity contribution is -0.137. The summed E-state index contributed by atoms with van der Waals surface area (Å²) < 4.78 is 37.6. The topological polar surface area (TPSA) is 37.8 Å². The number of alkyl halides is 3. The molecule has 0 atom stereocenters. The van der Waals surface area contributed by atoms with E-state index in [1.165, 1.54) is 18.5 Å². The molecule has 3 rings (SSSR count). The van der Waals surface area contributed by atoms with Gasteiger partial charge in [0.25, 0.3) is 0 Å². The summed E-state index contributed by atoms with van der Waals surface area (Å²) in [5.74, 6) is 0. The van der Waals surface area contributed by atoms with Crippen LogP contribution >= 0.6 is 0 Å². The summed E-state index contributed by atoms with van der Waals surface area (Å²) in [6.45, 7) is 1.61. The van der Waals surface area contributed by atoms with Crippen molar-refractivity contribution in [1.82, 2.24) is 15.3 Å². The van der Waals surface area contributed by atoms with Gasteiger partial charge in [0.15, 0.2) is 0 Å². The molecule has 0 aliphatic carbocycles. The van der Waals surface area contributed by atoms with E-state index in [-0.39, 0.29) is 0 Å². The Hall–Kier alpha value is -1.95. The first-order chi connectivity index (χ1) is 10.0. The maximum atomic E-state index is 12.5. The number of halogens is 3. The maximum Gasteiger partial charge on any atom is 0.416 e. The highest BCUT2D eigenvalue weighted by atomic mass is 19.4. The highest BCUT2D eigenvalue weighted by Gasteiger charge is 2.30. The summed E-state index contributed by atoms with van der Waals surface area (Å²) in [7, 11) is 0. The largest absolute Gasteiger partial charge is 0.416 e. The van der Waals surface area contributed by atoms with Gasteiger partial charge >= 0.3 is 6.18 Å². The van der Waals surface area contributed by atoms with E-state index in [2.05, 4.69) is 15.3 Å². The summed E-state index contributed by atoms with van der Waals surface area (Å²) >= 11 is 0. The van der Waals surface area contributed by atoms with Gasteiger partial charge in [-0.2, -0.15) is 13.2 Å². The average Bonchev–Trinajstić information content (AvgIpc) is 2.47. The Kier molecular flexibility index (Phi) is 3.63. The second kappa shape index (κ2) is 5.44. The first-order valence-electron chi connectivity index (χ1n) is 6.72. The standard InChI is InChI=1S/C15H14F3N3/c16-15(17,18)11-3-1-10(2-4-11)7-14-12-8-19-6-5-13(12)20-9-21-14/h1-4,9,19H,5-8H2. The Morgan fingerprint density at radius 2 is 1.86 bits per heavy atom. The van der Waals surface area contributed by atoms with Crippen LogP contribution in [0.25, 0.3) is 0 Å². The minimum absolute atomic E-state index is 0.519. The highest BCUT2D eigenvalue weighted by molar-refractivity contribution is 5.33. The Balaban J connectivity index is 1.84. The van der Waals surface area contributed by atoms with Crippen LogP contribution in [-0.4, -0.2) is 16.5 Å². The lowest BCUT2D eigenvalue weighted by Gasteiger charge is -2.18. The molecule has 0 spiro atoms. The van der Waals surface area contributed by atoms with Crippen LogP contribution in [0.2, 0.25) is 0 Å². The predicted molar refractivity (Wildman–Crippen MR) is 71.7 cm³/mol. The third-order valence-corrected chi connectivity index (χ3v) is 3.62. The fraction of sp³-hybridized carbons (Fsp3) is 0.333. The minimum atomic E-state index is -4.30. The molecule has 0 saturated heterocycles. The first-order valence-corrected chi connectivity index (χ1v) is 6.72. The van der Waals surface area contributed by atoms with Gasteiger partial charge < -0.3 is 5.32 Å². The molecule has 0 fully saturated rings. The van der Waals surface area contributed by atoms with Gasteiger partial charge in [0.05, 0.1) is 11.3 Å². The Labute approximate surface area is 120 Å². The molecule has 1 aliphatic rings. The van der Waals surface area contributed by atoms with E-state index in [4.69, 9.17) is 0 Å². The monoisotopic (exact) mass is 293 g/mol. The molecule has 1 aromatic carbocycles. The van der Waals surface area contributed by atoms with Crippen molar-refractivity contribution in [3.8, 4) is 0 Å². The molecule has 110 valence electrons. The fourth-order valence-electron chi connectivity index (χ4n) is 2.49. The number of hydrogen-bond acceptors (Lipinski definition) is 3.